The van der Waals surface area contributed by atoms with Crippen molar-refractivity contribution in [1.29, 1.82) is 0 Å². The Balaban J connectivity index is 2.87. The number of halogens is 1. The molecule has 0 saturated carbocycles. The van der Waals surface area contributed by atoms with Gasteiger partial charge in [-0.25, -0.2) is 0 Å². The fourth-order valence-electron chi connectivity index (χ4n) is 1.48. The number of fused-ring (bicyclic) bond motifs is 1. The Bertz CT molecular complexity index is 447. The average Bonchev–Trinajstić information content (AvgIpc) is 2.54. The SMILES string of the molecule is Cc1c(N)cc2sccc2c1CBr. The van der Waals surface area contributed by atoms with Crippen LogP contribution in [0.2, 0.25) is 0 Å². The van der Waals surface area contributed by atoms with Crippen LogP contribution in [0.1, 0.15) is 11.1 Å². The third-order valence-corrected chi connectivity index (χ3v) is 3.75. The molecular weight excluding hydrogens is 246 g/mol. The molecule has 2 N–H and O–H groups in total. The summed E-state index contributed by atoms with van der Waals surface area (Å²) in [6.07, 6.45) is 0. The van der Waals surface area contributed by atoms with Crippen molar-refractivity contribution in [2.45, 2.75) is 12.3 Å². The lowest BCUT2D eigenvalue weighted by Gasteiger charge is -2.07. The number of benzene rings is 1. The van der Waals surface area contributed by atoms with Gasteiger partial charge in [0.2, 0.25) is 0 Å². The number of rotatable bonds is 1. The summed E-state index contributed by atoms with van der Waals surface area (Å²) in [5, 5.41) is 4.31. The van der Waals surface area contributed by atoms with Gasteiger partial charge in [-0.05, 0) is 40.9 Å². The molecule has 0 spiro atoms. The molecule has 0 unspecified atom stereocenters. The van der Waals surface area contributed by atoms with Crippen LogP contribution in [0.5, 0.6) is 0 Å². The molecule has 0 fully saturated rings. The van der Waals surface area contributed by atoms with E-state index in [4.69, 9.17) is 5.73 Å². The van der Waals surface area contributed by atoms with Crippen molar-refractivity contribution in [2.75, 3.05) is 5.73 Å². The zero-order chi connectivity index (χ0) is 9.42. The molecule has 1 nitrogen and oxygen atoms in total. The lowest BCUT2D eigenvalue weighted by molar-refractivity contribution is 1.37. The average molecular weight is 256 g/mol. The van der Waals surface area contributed by atoms with Gasteiger partial charge < -0.3 is 5.73 Å². The van der Waals surface area contributed by atoms with E-state index in [1.165, 1.54) is 21.2 Å². The summed E-state index contributed by atoms with van der Waals surface area (Å²) < 4.78 is 1.28. The van der Waals surface area contributed by atoms with Crippen LogP contribution in [0, 0.1) is 6.92 Å². The van der Waals surface area contributed by atoms with Gasteiger partial charge in [0.25, 0.3) is 0 Å². The molecule has 1 aromatic carbocycles. The predicted molar refractivity (Wildman–Crippen MR) is 63.6 cm³/mol. The summed E-state index contributed by atoms with van der Waals surface area (Å²) in [5.41, 5.74) is 9.31. The fourth-order valence-corrected chi connectivity index (χ4v) is 3.07. The molecule has 0 atom stereocenters. The van der Waals surface area contributed by atoms with E-state index < -0.39 is 0 Å². The maximum atomic E-state index is 5.91. The monoisotopic (exact) mass is 255 g/mol. The minimum Gasteiger partial charge on any atom is -0.398 e. The number of hydrogen-bond acceptors (Lipinski definition) is 2. The molecule has 3 heteroatoms. The van der Waals surface area contributed by atoms with Gasteiger partial charge in [-0.3, -0.25) is 0 Å². The molecule has 2 rings (SSSR count). The van der Waals surface area contributed by atoms with Crippen LogP contribution in [0.15, 0.2) is 17.5 Å². The highest BCUT2D eigenvalue weighted by Crippen LogP contribution is 2.31. The zero-order valence-corrected chi connectivity index (χ0v) is 9.71. The maximum absolute atomic E-state index is 5.91. The molecule has 0 bridgehead atoms. The van der Waals surface area contributed by atoms with Crippen molar-refractivity contribution < 1.29 is 0 Å². The first-order valence-corrected chi connectivity index (χ1v) is 6.05. The molecular formula is C10H10BrNS. The molecule has 2 aromatic rings. The van der Waals surface area contributed by atoms with E-state index in [9.17, 15) is 0 Å². The second kappa shape index (κ2) is 3.31. The Hall–Kier alpha value is -0.540. The normalized spacial score (nSPS) is 10.9. The summed E-state index contributed by atoms with van der Waals surface area (Å²) >= 11 is 5.24. The number of nitrogen functional groups attached to an aromatic ring is 1. The molecule has 0 amide bonds. The molecule has 13 heavy (non-hydrogen) atoms. The standard InChI is InChI=1S/C10H10BrNS/c1-6-8(5-11)7-2-3-13-10(7)4-9(6)12/h2-4H,5,12H2,1H3. The minimum atomic E-state index is 0.872. The second-order valence-electron chi connectivity index (χ2n) is 3.04. The topological polar surface area (TPSA) is 26.0 Å². The lowest BCUT2D eigenvalue weighted by atomic mass is 10.0. The Kier molecular flexibility index (Phi) is 2.30. The minimum absolute atomic E-state index is 0.872. The number of nitrogens with two attached hydrogens (primary N) is 1. The summed E-state index contributed by atoms with van der Waals surface area (Å²) in [6, 6.07) is 4.21. The lowest BCUT2D eigenvalue weighted by Crippen LogP contribution is -1.93. The highest BCUT2D eigenvalue weighted by atomic mass is 79.9. The van der Waals surface area contributed by atoms with Crippen LogP contribution in [0.4, 0.5) is 5.69 Å². The molecule has 0 saturated heterocycles. The van der Waals surface area contributed by atoms with Crippen molar-refractivity contribution in [2.24, 2.45) is 0 Å². The molecule has 0 aliphatic carbocycles. The second-order valence-corrected chi connectivity index (χ2v) is 4.54. The van der Waals surface area contributed by atoms with Crippen molar-refractivity contribution in [3.63, 3.8) is 0 Å². The van der Waals surface area contributed by atoms with E-state index in [0.29, 0.717) is 0 Å². The Morgan fingerprint density at radius 2 is 2.31 bits per heavy atom. The van der Waals surface area contributed by atoms with Gasteiger partial charge in [-0.2, -0.15) is 0 Å². The third-order valence-electron chi connectivity index (χ3n) is 2.33. The molecule has 1 heterocycles. The van der Waals surface area contributed by atoms with Crippen LogP contribution in [0.3, 0.4) is 0 Å². The fraction of sp³-hybridized carbons (Fsp3) is 0.200. The predicted octanol–water partition coefficient (Wildman–Crippen LogP) is 3.69. The third kappa shape index (κ3) is 1.36. The summed E-state index contributed by atoms with van der Waals surface area (Å²) in [5.74, 6) is 0. The van der Waals surface area contributed by atoms with Crippen molar-refractivity contribution >= 4 is 43.0 Å². The molecule has 1 aromatic heterocycles. The van der Waals surface area contributed by atoms with Crippen LogP contribution in [0.25, 0.3) is 10.1 Å². The largest absolute Gasteiger partial charge is 0.398 e. The number of anilines is 1. The highest BCUT2D eigenvalue weighted by Gasteiger charge is 2.07. The number of hydrogen-bond donors (Lipinski definition) is 1. The summed E-state index contributed by atoms with van der Waals surface area (Å²) in [7, 11) is 0. The molecule has 0 aliphatic rings. The molecule has 0 aliphatic heterocycles. The zero-order valence-electron chi connectivity index (χ0n) is 7.30. The van der Waals surface area contributed by atoms with Crippen LogP contribution in [-0.4, -0.2) is 0 Å². The first-order chi connectivity index (χ1) is 6.24. The summed E-state index contributed by atoms with van der Waals surface area (Å²) in [6.45, 7) is 2.07. The van der Waals surface area contributed by atoms with E-state index in [0.717, 1.165) is 11.0 Å². The van der Waals surface area contributed by atoms with Gasteiger partial charge in [0.05, 0.1) is 0 Å². The first kappa shape index (κ1) is 9.03. The Morgan fingerprint density at radius 1 is 1.54 bits per heavy atom. The van der Waals surface area contributed by atoms with E-state index in [1.54, 1.807) is 11.3 Å². The maximum Gasteiger partial charge on any atom is 0.0366 e. The van der Waals surface area contributed by atoms with Gasteiger partial charge in [-0.15, -0.1) is 11.3 Å². The smallest absolute Gasteiger partial charge is 0.0366 e. The van der Waals surface area contributed by atoms with Crippen LogP contribution in [-0.2, 0) is 5.33 Å². The molecule has 0 radical (unpaired) electrons. The van der Waals surface area contributed by atoms with E-state index in [2.05, 4.69) is 40.4 Å². The van der Waals surface area contributed by atoms with Gasteiger partial charge in [-0.1, -0.05) is 15.9 Å². The van der Waals surface area contributed by atoms with Crippen LogP contribution < -0.4 is 5.73 Å². The van der Waals surface area contributed by atoms with E-state index in [-0.39, 0.29) is 0 Å². The van der Waals surface area contributed by atoms with Crippen molar-refractivity contribution in [3.05, 3.63) is 28.6 Å². The summed E-state index contributed by atoms with van der Waals surface area (Å²) in [4.78, 5) is 0. The van der Waals surface area contributed by atoms with Gasteiger partial charge >= 0.3 is 0 Å². The molecule has 68 valence electrons. The number of alkyl halides is 1. The Morgan fingerprint density at radius 3 is 3.00 bits per heavy atom. The first-order valence-electron chi connectivity index (χ1n) is 4.05. The van der Waals surface area contributed by atoms with E-state index >= 15 is 0 Å². The van der Waals surface area contributed by atoms with Gasteiger partial charge in [0.15, 0.2) is 0 Å². The van der Waals surface area contributed by atoms with Crippen molar-refractivity contribution in [1.82, 2.24) is 0 Å². The van der Waals surface area contributed by atoms with Crippen molar-refractivity contribution in [3.8, 4) is 0 Å². The quantitative estimate of drug-likeness (QED) is 0.611. The van der Waals surface area contributed by atoms with Gasteiger partial charge in [0, 0.05) is 15.7 Å². The Labute approximate surface area is 89.7 Å². The van der Waals surface area contributed by atoms with Gasteiger partial charge in [0.1, 0.15) is 0 Å². The highest BCUT2D eigenvalue weighted by molar-refractivity contribution is 9.08. The van der Waals surface area contributed by atoms with E-state index in [1.807, 2.05) is 0 Å². The van der Waals surface area contributed by atoms with Crippen LogP contribution >= 0.6 is 27.3 Å². The number of thiophene rings is 1.